The van der Waals surface area contributed by atoms with Gasteiger partial charge in [0.05, 0.1) is 6.42 Å². The third-order valence-electron chi connectivity index (χ3n) is 1.52. The van der Waals surface area contributed by atoms with Crippen LogP contribution in [0, 0.1) is 5.92 Å². The fourth-order valence-corrected chi connectivity index (χ4v) is 0.871. The first-order valence-electron chi connectivity index (χ1n) is 3.58. The van der Waals surface area contributed by atoms with E-state index in [-0.39, 0.29) is 5.92 Å². The van der Waals surface area contributed by atoms with Crippen molar-refractivity contribution in [3.8, 4) is 0 Å². The summed E-state index contributed by atoms with van der Waals surface area (Å²) in [5.41, 5.74) is 0.456. The molecule has 0 rings (SSSR count). The summed E-state index contributed by atoms with van der Waals surface area (Å²) < 4.78 is 35.4. The van der Waals surface area contributed by atoms with Crippen LogP contribution < -0.4 is 0 Å². The van der Waals surface area contributed by atoms with Crippen LogP contribution in [0.15, 0.2) is 11.6 Å². The van der Waals surface area contributed by atoms with Gasteiger partial charge in [-0.05, 0) is 12.8 Å². The predicted octanol–water partition coefficient (Wildman–Crippen LogP) is 3.54. The van der Waals surface area contributed by atoms with Crippen molar-refractivity contribution in [1.82, 2.24) is 0 Å². The summed E-state index contributed by atoms with van der Waals surface area (Å²) in [6, 6.07) is 0. The maximum atomic E-state index is 11.8. The second kappa shape index (κ2) is 3.79. The monoisotopic (exact) mass is 166 g/mol. The van der Waals surface area contributed by atoms with E-state index in [1.165, 1.54) is 6.08 Å². The maximum Gasteiger partial charge on any atom is 0.392 e. The molecular formula is C8H13F3. The van der Waals surface area contributed by atoms with Crippen LogP contribution in [0.3, 0.4) is 0 Å². The van der Waals surface area contributed by atoms with E-state index in [0.29, 0.717) is 5.57 Å². The lowest BCUT2D eigenvalue weighted by Gasteiger charge is -2.12. The van der Waals surface area contributed by atoms with Gasteiger partial charge in [0.25, 0.3) is 0 Å². The Hall–Kier alpha value is -0.470. The lowest BCUT2D eigenvalue weighted by Crippen LogP contribution is -2.11. The summed E-state index contributed by atoms with van der Waals surface area (Å²) in [4.78, 5) is 0. The topological polar surface area (TPSA) is 0 Å². The Labute approximate surface area is 65.1 Å². The molecule has 0 N–H and O–H groups in total. The zero-order valence-electron chi connectivity index (χ0n) is 7.00. The van der Waals surface area contributed by atoms with Crippen molar-refractivity contribution in [1.29, 1.82) is 0 Å². The molecule has 0 saturated carbocycles. The molecule has 0 heterocycles. The summed E-state index contributed by atoms with van der Waals surface area (Å²) in [5, 5.41) is 0. The van der Waals surface area contributed by atoms with Gasteiger partial charge >= 0.3 is 6.18 Å². The fraction of sp³-hybridized carbons (Fsp3) is 0.750. The number of hydrogen-bond acceptors (Lipinski definition) is 0. The third-order valence-corrected chi connectivity index (χ3v) is 1.52. The number of allylic oxidation sites excluding steroid dienone is 2. The molecule has 0 aliphatic rings. The predicted molar refractivity (Wildman–Crippen MR) is 39.3 cm³/mol. The van der Waals surface area contributed by atoms with E-state index in [4.69, 9.17) is 0 Å². The van der Waals surface area contributed by atoms with Crippen LogP contribution in [0.5, 0.6) is 0 Å². The van der Waals surface area contributed by atoms with Gasteiger partial charge in [0, 0.05) is 0 Å². The Morgan fingerprint density at radius 3 is 1.91 bits per heavy atom. The number of alkyl halides is 3. The zero-order valence-corrected chi connectivity index (χ0v) is 7.00. The summed E-state index contributed by atoms with van der Waals surface area (Å²) in [6.45, 7) is 5.17. The SMILES string of the molecule is CC=C(CC(F)(F)F)C(C)C. The molecule has 0 atom stereocenters. The highest BCUT2D eigenvalue weighted by Gasteiger charge is 2.29. The molecule has 0 amide bonds. The zero-order chi connectivity index (χ0) is 9.07. The fourth-order valence-electron chi connectivity index (χ4n) is 0.871. The van der Waals surface area contributed by atoms with Crippen molar-refractivity contribution in [2.24, 2.45) is 5.92 Å². The van der Waals surface area contributed by atoms with Crippen molar-refractivity contribution in [3.63, 3.8) is 0 Å². The van der Waals surface area contributed by atoms with Crippen LogP contribution in [-0.4, -0.2) is 6.18 Å². The van der Waals surface area contributed by atoms with Crippen molar-refractivity contribution in [3.05, 3.63) is 11.6 Å². The van der Waals surface area contributed by atoms with Crippen molar-refractivity contribution >= 4 is 0 Å². The van der Waals surface area contributed by atoms with E-state index in [9.17, 15) is 13.2 Å². The van der Waals surface area contributed by atoms with Crippen LogP contribution in [-0.2, 0) is 0 Å². The standard InChI is InChI=1S/C8H13F3/c1-4-7(6(2)3)5-8(9,10)11/h4,6H,5H2,1-3H3. The van der Waals surface area contributed by atoms with Gasteiger partial charge in [0.2, 0.25) is 0 Å². The summed E-state index contributed by atoms with van der Waals surface area (Å²) in [6.07, 6.45) is -3.30. The minimum Gasteiger partial charge on any atom is -0.171 e. The van der Waals surface area contributed by atoms with Crippen molar-refractivity contribution < 1.29 is 13.2 Å². The van der Waals surface area contributed by atoms with E-state index in [1.807, 2.05) is 0 Å². The first-order chi connectivity index (χ1) is 4.87. The van der Waals surface area contributed by atoms with Gasteiger partial charge in [-0.25, -0.2) is 0 Å². The maximum absolute atomic E-state index is 11.8. The second-order valence-electron chi connectivity index (χ2n) is 2.81. The Kier molecular flexibility index (Phi) is 3.63. The highest BCUT2D eigenvalue weighted by atomic mass is 19.4. The summed E-state index contributed by atoms with van der Waals surface area (Å²) >= 11 is 0. The molecule has 0 aliphatic carbocycles. The number of rotatable bonds is 2. The highest BCUT2D eigenvalue weighted by molar-refractivity contribution is 5.04. The van der Waals surface area contributed by atoms with Crippen molar-refractivity contribution in [2.75, 3.05) is 0 Å². The lowest BCUT2D eigenvalue weighted by molar-refractivity contribution is -0.128. The van der Waals surface area contributed by atoms with E-state index < -0.39 is 12.6 Å². The summed E-state index contributed by atoms with van der Waals surface area (Å²) in [7, 11) is 0. The molecule has 0 spiro atoms. The van der Waals surface area contributed by atoms with Crippen LogP contribution in [0.4, 0.5) is 13.2 Å². The normalized spacial score (nSPS) is 14.3. The molecule has 66 valence electrons. The van der Waals surface area contributed by atoms with Gasteiger partial charge in [0.15, 0.2) is 0 Å². The smallest absolute Gasteiger partial charge is 0.171 e. The second-order valence-corrected chi connectivity index (χ2v) is 2.81. The third kappa shape index (κ3) is 4.87. The van der Waals surface area contributed by atoms with Crippen molar-refractivity contribution in [2.45, 2.75) is 33.4 Å². The molecule has 0 saturated heterocycles. The van der Waals surface area contributed by atoms with E-state index in [1.54, 1.807) is 20.8 Å². The number of halogens is 3. The molecule has 0 fully saturated rings. The Morgan fingerprint density at radius 2 is 1.82 bits per heavy atom. The van der Waals surface area contributed by atoms with E-state index in [2.05, 4.69) is 0 Å². The Morgan fingerprint density at radius 1 is 1.36 bits per heavy atom. The first-order valence-corrected chi connectivity index (χ1v) is 3.58. The van der Waals surface area contributed by atoms with Crippen LogP contribution in [0.2, 0.25) is 0 Å². The molecule has 0 aliphatic heterocycles. The Bertz CT molecular complexity index is 142. The molecule has 11 heavy (non-hydrogen) atoms. The molecule has 0 aromatic heterocycles. The molecule has 0 aromatic rings. The molecule has 0 bridgehead atoms. The van der Waals surface area contributed by atoms with Gasteiger partial charge in [-0.1, -0.05) is 25.5 Å². The largest absolute Gasteiger partial charge is 0.392 e. The first kappa shape index (κ1) is 10.5. The summed E-state index contributed by atoms with van der Waals surface area (Å²) in [5.74, 6) is -0.0124. The average Bonchev–Trinajstić information content (AvgIpc) is 1.80. The molecule has 3 heteroatoms. The molecule has 0 nitrogen and oxygen atoms in total. The molecule has 0 radical (unpaired) electrons. The lowest BCUT2D eigenvalue weighted by atomic mass is 10.00. The van der Waals surface area contributed by atoms with Gasteiger partial charge in [0.1, 0.15) is 0 Å². The van der Waals surface area contributed by atoms with E-state index >= 15 is 0 Å². The van der Waals surface area contributed by atoms with Crippen LogP contribution in [0.1, 0.15) is 27.2 Å². The van der Waals surface area contributed by atoms with E-state index in [0.717, 1.165) is 0 Å². The average molecular weight is 166 g/mol. The Balaban J connectivity index is 4.12. The molecular weight excluding hydrogens is 153 g/mol. The van der Waals surface area contributed by atoms with Gasteiger partial charge in [-0.15, -0.1) is 0 Å². The minimum absolute atomic E-state index is 0.0124. The van der Waals surface area contributed by atoms with Crippen LogP contribution in [0.25, 0.3) is 0 Å². The highest BCUT2D eigenvalue weighted by Crippen LogP contribution is 2.27. The van der Waals surface area contributed by atoms with Gasteiger partial charge in [-0.2, -0.15) is 13.2 Å². The quantitative estimate of drug-likeness (QED) is 0.550. The van der Waals surface area contributed by atoms with Gasteiger partial charge < -0.3 is 0 Å². The van der Waals surface area contributed by atoms with Crippen LogP contribution >= 0.6 is 0 Å². The van der Waals surface area contributed by atoms with Gasteiger partial charge in [-0.3, -0.25) is 0 Å². The molecule has 0 unspecified atom stereocenters. The number of hydrogen-bond donors (Lipinski definition) is 0. The minimum atomic E-state index is -4.06. The molecule has 0 aromatic carbocycles.